The maximum Gasteiger partial charge on any atom is 0.254 e. The average Bonchev–Trinajstić information content (AvgIpc) is 2.64. The van der Waals surface area contributed by atoms with E-state index in [1.54, 1.807) is 12.1 Å². The number of anilines is 1. The fraction of sp³-hybridized carbons (Fsp3) is 0.381. The van der Waals surface area contributed by atoms with Crippen molar-refractivity contribution in [2.75, 3.05) is 17.1 Å². The van der Waals surface area contributed by atoms with Crippen molar-refractivity contribution >= 4 is 21.6 Å². The molecule has 6 heteroatoms. The second kappa shape index (κ2) is 7.72. The van der Waals surface area contributed by atoms with Gasteiger partial charge in [0.05, 0.1) is 11.9 Å². The summed E-state index contributed by atoms with van der Waals surface area (Å²) >= 11 is 0. The maximum absolute atomic E-state index is 13.1. The molecule has 144 valence electrons. The number of amides is 1. The molecule has 1 aliphatic heterocycles. The van der Waals surface area contributed by atoms with Crippen LogP contribution in [-0.2, 0) is 23.0 Å². The van der Waals surface area contributed by atoms with Crippen LogP contribution in [0.25, 0.3) is 0 Å². The van der Waals surface area contributed by atoms with Gasteiger partial charge in [-0.25, -0.2) is 8.42 Å². The summed E-state index contributed by atoms with van der Waals surface area (Å²) in [6.45, 7) is 5.05. The molecule has 27 heavy (non-hydrogen) atoms. The van der Waals surface area contributed by atoms with E-state index >= 15 is 0 Å². The van der Waals surface area contributed by atoms with Gasteiger partial charge in [-0.15, -0.1) is 0 Å². The van der Waals surface area contributed by atoms with Gasteiger partial charge in [0.15, 0.2) is 0 Å². The number of carbonyl (C=O) groups is 1. The van der Waals surface area contributed by atoms with Gasteiger partial charge in [0.25, 0.3) is 5.91 Å². The number of carbonyl (C=O) groups excluding carboxylic acids is 1. The van der Waals surface area contributed by atoms with Gasteiger partial charge in [0.1, 0.15) is 0 Å². The van der Waals surface area contributed by atoms with Crippen molar-refractivity contribution in [1.82, 2.24) is 4.90 Å². The first-order valence-corrected chi connectivity index (χ1v) is 11.1. The molecule has 3 rings (SSSR count). The Bertz CT molecular complexity index is 924. The number of rotatable bonds is 5. The largest absolute Gasteiger partial charge is 0.332 e. The molecule has 0 spiro atoms. The number of benzene rings is 2. The number of hydrogen-bond donors (Lipinski definition) is 0. The smallest absolute Gasteiger partial charge is 0.254 e. The Hall–Kier alpha value is -2.34. The second-order valence-corrected chi connectivity index (χ2v) is 9.20. The summed E-state index contributed by atoms with van der Waals surface area (Å²) in [4.78, 5) is 15.0. The van der Waals surface area contributed by atoms with Crippen molar-refractivity contribution in [3.05, 3.63) is 65.2 Å². The van der Waals surface area contributed by atoms with Gasteiger partial charge < -0.3 is 4.90 Å². The third-order valence-corrected chi connectivity index (χ3v) is 6.06. The summed E-state index contributed by atoms with van der Waals surface area (Å²) in [6.07, 6.45) is 2.76. The minimum atomic E-state index is -3.30. The standard InChI is InChI=1S/C21H26N2O3S/c1-16(2)22(15-17-8-5-4-6-9-17)21(24)19-11-12-20-18(14-19)10-7-13-23(20)27(3,25)26/h4-6,8-9,11-12,14,16H,7,10,13,15H2,1-3H3. The molecule has 0 aliphatic carbocycles. The highest BCUT2D eigenvalue weighted by molar-refractivity contribution is 7.92. The van der Waals surface area contributed by atoms with E-state index in [1.807, 2.05) is 55.1 Å². The van der Waals surface area contributed by atoms with Crippen molar-refractivity contribution < 1.29 is 13.2 Å². The van der Waals surface area contributed by atoms with Crippen molar-refractivity contribution in [2.45, 2.75) is 39.3 Å². The van der Waals surface area contributed by atoms with Crippen LogP contribution >= 0.6 is 0 Å². The van der Waals surface area contributed by atoms with Gasteiger partial charge in [-0.1, -0.05) is 30.3 Å². The molecule has 2 aromatic carbocycles. The minimum absolute atomic E-state index is 0.0341. The van der Waals surface area contributed by atoms with E-state index in [-0.39, 0.29) is 11.9 Å². The first-order valence-electron chi connectivity index (χ1n) is 9.23. The van der Waals surface area contributed by atoms with Crippen LogP contribution < -0.4 is 4.31 Å². The molecule has 0 radical (unpaired) electrons. The molecular weight excluding hydrogens is 360 g/mol. The SMILES string of the molecule is CC(C)N(Cc1ccccc1)C(=O)c1ccc2c(c1)CCCN2S(C)(=O)=O. The summed E-state index contributed by atoms with van der Waals surface area (Å²) in [5.41, 5.74) is 3.30. The Morgan fingerprint density at radius 3 is 2.48 bits per heavy atom. The van der Waals surface area contributed by atoms with E-state index in [4.69, 9.17) is 0 Å². The number of sulfonamides is 1. The van der Waals surface area contributed by atoms with Gasteiger partial charge in [0.2, 0.25) is 10.0 Å². The van der Waals surface area contributed by atoms with Gasteiger partial charge in [-0.3, -0.25) is 9.10 Å². The Morgan fingerprint density at radius 2 is 1.85 bits per heavy atom. The van der Waals surface area contributed by atoms with E-state index in [2.05, 4.69) is 0 Å². The predicted molar refractivity (Wildman–Crippen MR) is 108 cm³/mol. The highest BCUT2D eigenvalue weighted by Crippen LogP contribution is 2.30. The molecule has 0 saturated carbocycles. The molecule has 5 nitrogen and oxygen atoms in total. The lowest BCUT2D eigenvalue weighted by molar-refractivity contribution is 0.0690. The topological polar surface area (TPSA) is 57.7 Å². The number of nitrogens with zero attached hydrogens (tertiary/aromatic N) is 2. The van der Waals surface area contributed by atoms with E-state index in [9.17, 15) is 13.2 Å². The van der Waals surface area contributed by atoms with E-state index in [1.165, 1.54) is 10.6 Å². The molecule has 0 atom stereocenters. The van der Waals surface area contributed by atoms with Gasteiger partial charge in [-0.2, -0.15) is 0 Å². The molecule has 0 unspecified atom stereocenters. The summed E-state index contributed by atoms with van der Waals surface area (Å²) in [5, 5.41) is 0. The lowest BCUT2D eigenvalue weighted by Gasteiger charge is -2.31. The van der Waals surface area contributed by atoms with Crippen molar-refractivity contribution in [1.29, 1.82) is 0 Å². The predicted octanol–water partition coefficient (Wildman–Crippen LogP) is 3.45. The fourth-order valence-electron chi connectivity index (χ4n) is 3.47. The molecule has 1 aliphatic rings. The zero-order valence-electron chi connectivity index (χ0n) is 16.1. The quantitative estimate of drug-likeness (QED) is 0.791. The van der Waals surface area contributed by atoms with Gasteiger partial charge in [-0.05, 0) is 56.0 Å². The Balaban J connectivity index is 1.90. The molecule has 1 heterocycles. The summed E-state index contributed by atoms with van der Waals surface area (Å²) in [6, 6.07) is 15.3. The van der Waals surface area contributed by atoms with Crippen LogP contribution in [0.3, 0.4) is 0 Å². The molecule has 2 aromatic rings. The lowest BCUT2D eigenvalue weighted by Crippen LogP contribution is -2.37. The molecule has 1 amide bonds. The highest BCUT2D eigenvalue weighted by atomic mass is 32.2. The number of aryl methyl sites for hydroxylation is 1. The molecule has 0 fully saturated rings. The minimum Gasteiger partial charge on any atom is -0.332 e. The maximum atomic E-state index is 13.1. The molecule has 0 aromatic heterocycles. The normalized spacial score (nSPS) is 14.1. The van der Waals surface area contributed by atoms with Crippen LogP contribution in [-0.4, -0.2) is 38.1 Å². The lowest BCUT2D eigenvalue weighted by atomic mass is 10.00. The zero-order valence-corrected chi connectivity index (χ0v) is 16.9. The third-order valence-electron chi connectivity index (χ3n) is 4.88. The Morgan fingerprint density at radius 1 is 1.15 bits per heavy atom. The first-order chi connectivity index (χ1) is 12.8. The highest BCUT2D eigenvalue weighted by Gasteiger charge is 2.26. The van der Waals surface area contributed by atoms with Crippen LogP contribution in [0.1, 0.15) is 41.8 Å². The molecule has 0 N–H and O–H groups in total. The van der Waals surface area contributed by atoms with E-state index < -0.39 is 10.0 Å². The first kappa shape index (κ1) is 19.4. The van der Waals surface area contributed by atoms with Crippen LogP contribution in [0.5, 0.6) is 0 Å². The number of fused-ring (bicyclic) bond motifs is 1. The van der Waals surface area contributed by atoms with Crippen molar-refractivity contribution in [2.24, 2.45) is 0 Å². The molecular formula is C21H26N2O3S. The Labute approximate surface area is 161 Å². The van der Waals surface area contributed by atoms with E-state index in [0.29, 0.717) is 24.3 Å². The monoisotopic (exact) mass is 386 g/mol. The Kier molecular flexibility index (Phi) is 5.56. The van der Waals surface area contributed by atoms with Crippen LogP contribution in [0, 0.1) is 0 Å². The van der Waals surface area contributed by atoms with Crippen LogP contribution in [0.2, 0.25) is 0 Å². The van der Waals surface area contributed by atoms with E-state index in [0.717, 1.165) is 24.0 Å². The zero-order chi connectivity index (χ0) is 19.6. The van der Waals surface area contributed by atoms with Crippen LogP contribution in [0.4, 0.5) is 5.69 Å². The third kappa shape index (κ3) is 4.33. The van der Waals surface area contributed by atoms with Gasteiger partial charge >= 0.3 is 0 Å². The van der Waals surface area contributed by atoms with Crippen molar-refractivity contribution in [3.8, 4) is 0 Å². The van der Waals surface area contributed by atoms with Gasteiger partial charge in [0, 0.05) is 24.7 Å². The van der Waals surface area contributed by atoms with Crippen molar-refractivity contribution in [3.63, 3.8) is 0 Å². The summed E-state index contributed by atoms with van der Waals surface area (Å²) in [7, 11) is -3.30. The fourth-order valence-corrected chi connectivity index (χ4v) is 4.47. The molecule has 0 bridgehead atoms. The average molecular weight is 387 g/mol. The molecule has 0 saturated heterocycles. The van der Waals surface area contributed by atoms with Crippen LogP contribution in [0.15, 0.2) is 48.5 Å². The second-order valence-electron chi connectivity index (χ2n) is 7.29. The summed E-state index contributed by atoms with van der Waals surface area (Å²) in [5.74, 6) is -0.0341. The number of hydrogen-bond acceptors (Lipinski definition) is 3. The summed E-state index contributed by atoms with van der Waals surface area (Å²) < 4.78 is 25.5.